The smallest absolute Gasteiger partial charge is 0.224 e. The van der Waals surface area contributed by atoms with Crippen LogP contribution in [0.2, 0.25) is 5.02 Å². The van der Waals surface area contributed by atoms with E-state index >= 15 is 0 Å². The van der Waals surface area contributed by atoms with Gasteiger partial charge in [-0.05, 0) is 43.5 Å². The molecule has 1 aliphatic rings. The summed E-state index contributed by atoms with van der Waals surface area (Å²) in [6, 6.07) is 8.02. The van der Waals surface area contributed by atoms with Crippen LogP contribution < -0.4 is 10.6 Å². The molecule has 1 aliphatic heterocycles. The van der Waals surface area contributed by atoms with Crippen molar-refractivity contribution in [3.8, 4) is 0 Å². The maximum absolute atomic E-state index is 11.7. The van der Waals surface area contributed by atoms with Crippen LogP contribution >= 0.6 is 24.0 Å². The van der Waals surface area contributed by atoms with Gasteiger partial charge in [0.2, 0.25) is 5.91 Å². The molecule has 0 unspecified atom stereocenters. The fourth-order valence-corrected chi connectivity index (χ4v) is 2.50. The highest BCUT2D eigenvalue weighted by atomic mass is 35.5. The third-order valence-corrected chi connectivity index (χ3v) is 3.47. The molecule has 106 valence electrons. The molecule has 1 aromatic rings. The lowest BCUT2D eigenvalue weighted by Crippen LogP contribution is -2.31. The maximum Gasteiger partial charge on any atom is 0.224 e. The van der Waals surface area contributed by atoms with Crippen LogP contribution in [-0.4, -0.2) is 25.0 Å². The predicted molar refractivity (Wildman–Crippen MR) is 81.1 cm³/mol. The highest BCUT2D eigenvalue weighted by Crippen LogP contribution is 2.11. The van der Waals surface area contributed by atoms with Crippen LogP contribution in [-0.2, 0) is 11.2 Å². The van der Waals surface area contributed by atoms with Crippen molar-refractivity contribution in [2.75, 3.05) is 13.1 Å². The first-order valence-electron chi connectivity index (χ1n) is 6.48. The van der Waals surface area contributed by atoms with E-state index in [2.05, 4.69) is 10.6 Å². The number of hydrogen-bond donors (Lipinski definition) is 2. The molecule has 0 aromatic heterocycles. The normalized spacial score (nSPS) is 17.8. The Morgan fingerprint density at radius 1 is 1.47 bits per heavy atom. The summed E-state index contributed by atoms with van der Waals surface area (Å²) in [6.07, 6.45) is 3.89. The highest BCUT2D eigenvalue weighted by molar-refractivity contribution is 6.30. The summed E-state index contributed by atoms with van der Waals surface area (Å²) in [6.45, 7) is 1.86. The van der Waals surface area contributed by atoms with Crippen molar-refractivity contribution in [1.82, 2.24) is 10.6 Å². The van der Waals surface area contributed by atoms with E-state index < -0.39 is 0 Å². The molecule has 0 radical (unpaired) electrons. The summed E-state index contributed by atoms with van der Waals surface area (Å²) < 4.78 is 0. The van der Waals surface area contributed by atoms with Gasteiger partial charge in [-0.2, -0.15) is 0 Å². The summed E-state index contributed by atoms with van der Waals surface area (Å²) in [7, 11) is 0. The lowest BCUT2D eigenvalue weighted by molar-refractivity contribution is -0.120. The zero-order chi connectivity index (χ0) is 12.8. The van der Waals surface area contributed by atoms with Crippen molar-refractivity contribution in [3.05, 3.63) is 34.9 Å². The van der Waals surface area contributed by atoms with Crippen molar-refractivity contribution in [3.63, 3.8) is 0 Å². The van der Waals surface area contributed by atoms with Crippen molar-refractivity contribution >= 4 is 29.9 Å². The van der Waals surface area contributed by atoms with Gasteiger partial charge in [-0.15, -0.1) is 12.4 Å². The number of carbonyl (C=O) groups excluding carboxylic acids is 1. The maximum atomic E-state index is 11.7. The summed E-state index contributed by atoms with van der Waals surface area (Å²) in [5.41, 5.74) is 0.957. The summed E-state index contributed by atoms with van der Waals surface area (Å²) in [5, 5.41) is 7.05. The molecule has 0 bridgehead atoms. The van der Waals surface area contributed by atoms with Gasteiger partial charge in [0.25, 0.3) is 0 Å². The highest BCUT2D eigenvalue weighted by Gasteiger charge is 2.13. The Kier molecular flexibility index (Phi) is 7.21. The van der Waals surface area contributed by atoms with Crippen molar-refractivity contribution in [2.45, 2.75) is 31.7 Å². The second-order valence-corrected chi connectivity index (χ2v) is 5.18. The molecule has 3 nitrogen and oxygen atoms in total. The van der Waals surface area contributed by atoms with Gasteiger partial charge in [0.1, 0.15) is 0 Å². The largest absolute Gasteiger partial charge is 0.356 e. The third-order valence-electron chi connectivity index (χ3n) is 3.23. The summed E-state index contributed by atoms with van der Waals surface area (Å²) in [5.74, 6) is 0.0651. The van der Waals surface area contributed by atoms with Gasteiger partial charge >= 0.3 is 0 Å². The second kappa shape index (κ2) is 8.41. The van der Waals surface area contributed by atoms with E-state index in [0.717, 1.165) is 25.1 Å². The quantitative estimate of drug-likeness (QED) is 0.878. The Labute approximate surface area is 125 Å². The third kappa shape index (κ3) is 5.81. The zero-order valence-corrected chi connectivity index (χ0v) is 12.4. The van der Waals surface area contributed by atoms with Gasteiger partial charge in [0.15, 0.2) is 0 Å². The Balaban J connectivity index is 0.00000180. The minimum atomic E-state index is 0. The molecule has 1 atom stereocenters. The minimum Gasteiger partial charge on any atom is -0.356 e. The van der Waals surface area contributed by atoms with Crippen LogP contribution in [0.3, 0.4) is 0 Å². The Bertz CT molecular complexity index is 406. The molecule has 2 N–H and O–H groups in total. The average Bonchev–Trinajstić information content (AvgIpc) is 2.82. The van der Waals surface area contributed by atoms with E-state index in [1.54, 1.807) is 0 Å². The van der Waals surface area contributed by atoms with E-state index in [1.807, 2.05) is 24.3 Å². The zero-order valence-electron chi connectivity index (χ0n) is 10.8. The molecule has 0 spiro atoms. The first-order valence-corrected chi connectivity index (χ1v) is 6.86. The van der Waals surface area contributed by atoms with Gasteiger partial charge < -0.3 is 10.6 Å². The minimum absolute atomic E-state index is 0. The number of hydrogen-bond acceptors (Lipinski definition) is 2. The molecule has 1 fully saturated rings. The number of rotatable bonds is 5. The standard InChI is InChI=1S/C14H19ClN2O.ClH/c15-12-4-1-3-11(9-12)10-14(18)17-8-6-13-5-2-7-16-13;/h1,3-4,9,13,16H,2,5-8,10H2,(H,17,18);1H/t13-;/m1./s1. The Morgan fingerprint density at radius 3 is 3.00 bits per heavy atom. The number of carbonyl (C=O) groups is 1. The van der Waals surface area contributed by atoms with Gasteiger partial charge in [-0.1, -0.05) is 23.7 Å². The monoisotopic (exact) mass is 302 g/mol. The average molecular weight is 303 g/mol. The van der Waals surface area contributed by atoms with Crippen molar-refractivity contribution < 1.29 is 4.79 Å². The molecule has 0 aliphatic carbocycles. The Morgan fingerprint density at radius 2 is 2.32 bits per heavy atom. The topological polar surface area (TPSA) is 41.1 Å². The van der Waals surface area contributed by atoms with Crippen molar-refractivity contribution in [2.24, 2.45) is 0 Å². The Hall–Kier alpha value is -0.770. The van der Waals surface area contributed by atoms with E-state index in [4.69, 9.17) is 11.6 Å². The van der Waals surface area contributed by atoms with E-state index in [9.17, 15) is 4.79 Å². The molecule has 1 amide bonds. The molecule has 1 saturated heterocycles. The molecule has 1 heterocycles. The number of halogens is 2. The van der Waals surface area contributed by atoms with Gasteiger partial charge in [-0.25, -0.2) is 0 Å². The number of benzene rings is 1. The van der Waals surface area contributed by atoms with Crippen LogP contribution in [0.1, 0.15) is 24.8 Å². The summed E-state index contributed by atoms with van der Waals surface area (Å²) >= 11 is 5.88. The van der Waals surface area contributed by atoms with Crippen LogP contribution in [0.15, 0.2) is 24.3 Å². The number of amides is 1. The molecule has 1 aromatic carbocycles. The number of nitrogens with one attached hydrogen (secondary N) is 2. The molecule has 2 rings (SSSR count). The summed E-state index contributed by atoms with van der Waals surface area (Å²) in [4.78, 5) is 11.7. The molecule has 19 heavy (non-hydrogen) atoms. The van der Waals surface area contributed by atoms with Crippen LogP contribution in [0, 0.1) is 0 Å². The van der Waals surface area contributed by atoms with E-state index in [1.165, 1.54) is 12.8 Å². The van der Waals surface area contributed by atoms with Crippen molar-refractivity contribution in [1.29, 1.82) is 0 Å². The van der Waals surface area contributed by atoms with Crippen LogP contribution in [0.5, 0.6) is 0 Å². The second-order valence-electron chi connectivity index (χ2n) is 4.74. The first-order chi connectivity index (χ1) is 8.74. The van der Waals surface area contributed by atoms with Crippen LogP contribution in [0.25, 0.3) is 0 Å². The fraction of sp³-hybridized carbons (Fsp3) is 0.500. The van der Waals surface area contributed by atoms with Gasteiger partial charge in [0, 0.05) is 17.6 Å². The van der Waals surface area contributed by atoms with E-state index in [0.29, 0.717) is 17.5 Å². The predicted octanol–water partition coefficient (Wildman–Crippen LogP) is 2.56. The lowest BCUT2D eigenvalue weighted by Gasteiger charge is -2.10. The van der Waals surface area contributed by atoms with Gasteiger partial charge in [-0.3, -0.25) is 4.79 Å². The van der Waals surface area contributed by atoms with E-state index in [-0.39, 0.29) is 18.3 Å². The molecule has 5 heteroatoms. The molecule has 0 saturated carbocycles. The molecular weight excluding hydrogens is 283 g/mol. The molecular formula is C14H20Cl2N2O. The van der Waals surface area contributed by atoms with Crippen LogP contribution in [0.4, 0.5) is 0 Å². The lowest BCUT2D eigenvalue weighted by atomic mass is 10.1. The SMILES string of the molecule is Cl.O=C(Cc1cccc(Cl)c1)NCC[C@H]1CCCN1. The first kappa shape index (κ1) is 16.3. The fourth-order valence-electron chi connectivity index (χ4n) is 2.28. The van der Waals surface area contributed by atoms with Gasteiger partial charge in [0.05, 0.1) is 6.42 Å².